The number of anilines is 1. The first-order valence-electron chi connectivity index (χ1n) is 6.09. The van der Waals surface area contributed by atoms with Crippen molar-refractivity contribution in [1.82, 2.24) is 0 Å². The van der Waals surface area contributed by atoms with Gasteiger partial charge in [0.05, 0.1) is 11.1 Å². The van der Waals surface area contributed by atoms with Gasteiger partial charge >= 0.3 is 12.1 Å². The van der Waals surface area contributed by atoms with Crippen LogP contribution in [-0.2, 0) is 6.18 Å². The van der Waals surface area contributed by atoms with Crippen molar-refractivity contribution in [1.29, 1.82) is 0 Å². The molecule has 1 aromatic carbocycles. The molecule has 1 aliphatic heterocycles. The lowest BCUT2D eigenvalue weighted by atomic mass is 10.0. The summed E-state index contributed by atoms with van der Waals surface area (Å²) in [6.07, 6.45) is -1.68. The van der Waals surface area contributed by atoms with E-state index in [2.05, 4.69) is 0 Å². The molecule has 1 fully saturated rings. The largest absolute Gasteiger partial charge is 0.478 e. The van der Waals surface area contributed by atoms with Gasteiger partial charge in [0.25, 0.3) is 0 Å². The number of carboxylic acids is 1. The van der Waals surface area contributed by atoms with Gasteiger partial charge in [-0.1, -0.05) is 0 Å². The fraction of sp³-hybridized carbons (Fsp3) is 0.462. The summed E-state index contributed by atoms with van der Waals surface area (Å²) in [5.41, 5.74) is -1.34. The Labute approximate surface area is 108 Å². The van der Waals surface area contributed by atoms with E-state index >= 15 is 0 Å². The van der Waals surface area contributed by atoms with E-state index in [-0.39, 0.29) is 0 Å². The van der Waals surface area contributed by atoms with E-state index in [1.807, 2.05) is 4.90 Å². The van der Waals surface area contributed by atoms with Crippen molar-refractivity contribution in [2.45, 2.75) is 25.4 Å². The van der Waals surface area contributed by atoms with Crippen molar-refractivity contribution < 1.29 is 23.1 Å². The van der Waals surface area contributed by atoms with Crippen LogP contribution in [0.2, 0.25) is 0 Å². The highest BCUT2D eigenvalue weighted by Crippen LogP contribution is 2.35. The zero-order valence-corrected chi connectivity index (χ0v) is 10.2. The monoisotopic (exact) mass is 273 g/mol. The number of nitrogens with zero attached hydrogens (tertiary/aromatic N) is 1. The maximum atomic E-state index is 12.9. The van der Waals surface area contributed by atoms with Gasteiger partial charge in [-0.15, -0.1) is 0 Å². The van der Waals surface area contributed by atoms with Crippen LogP contribution in [0.3, 0.4) is 0 Å². The molecular weight excluding hydrogens is 259 g/mol. The molecule has 1 saturated heterocycles. The lowest BCUT2D eigenvalue weighted by molar-refractivity contribution is -0.138. The third-order valence-electron chi connectivity index (χ3n) is 3.26. The molecular formula is C13H14F3NO2. The van der Waals surface area contributed by atoms with Crippen LogP contribution in [0.1, 0.15) is 35.2 Å². The topological polar surface area (TPSA) is 40.5 Å². The SMILES string of the molecule is O=C(O)c1ccc(N2CCCCC2)cc1C(F)(F)F. The minimum Gasteiger partial charge on any atom is -0.478 e. The van der Waals surface area contributed by atoms with Crippen LogP contribution < -0.4 is 4.90 Å². The molecule has 1 N–H and O–H groups in total. The summed E-state index contributed by atoms with van der Waals surface area (Å²) >= 11 is 0. The third kappa shape index (κ3) is 3.00. The number of carboxylic acid groups (broad SMARTS) is 1. The highest BCUT2D eigenvalue weighted by molar-refractivity contribution is 5.90. The molecule has 0 bridgehead atoms. The van der Waals surface area contributed by atoms with E-state index in [4.69, 9.17) is 5.11 Å². The second-order valence-corrected chi connectivity index (χ2v) is 4.58. The fourth-order valence-electron chi connectivity index (χ4n) is 2.30. The standard InChI is InChI=1S/C13H14F3NO2/c14-13(15,16)11-8-9(4-5-10(11)12(18)19)17-6-2-1-3-7-17/h4-5,8H,1-3,6-7H2,(H,18,19). The number of hydrogen-bond acceptors (Lipinski definition) is 2. The zero-order valence-electron chi connectivity index (χ0n) is 10.2. The Hall–Kier alpha value is -1.72. The first-order chi connectivity index (χ1) is 8.89. The van der Waals surface area contributed by atoms with Gasteiger partial charge in [0.1, 0.15) is 0 Å². The Balaban J connectivity index is 2.40. The molecule has 19 heavy (non-hydrogen) atoms. The van der Waals surface area contributed by atoms with Gasteiger partial charge < -0.3 is 10.0 Å². The molecule has 2 rings (SSSR count). The number of piperidine rings is 1. The number of aromatic carboxylic acids is 1. The van der Waals surface area contributed by atoms with Gasteiger partial charge in [-0.3, -0.25) is 0 Å². The van der Waals surface area contributed by atoms with Gasteiger partial charge in [-0.2, -0.15) is 13.2 Å². The number of rotatable bonds is 2. The van der Waals surface area contributed by atoms with Crippen molar-refractivity contribution in [3.8, 4) is 0 Å². The van der Waals surface area contributed by atoms with Crippen molar-refractivity contribution in [2.24, 2.45) is 0 Å². The summed E-state index contributed by atoms with van der Waals surface area (Å²) in [5.74, 6) is -1.56. The lowest BCUT2D eigenvalue weighted by Crippen LogP contribution is -2.29. The van der Waals surface area contributed by atoms with Gasteiger partial charge in [-0.25, -0.2) is 4.79 Å². The maximum Gasteiger partial charge on any atom is 0.417 e. The first kappa shape index (κ1) is 13.7. The van der Waals surface area contributed by atoms with Crippen molar-refractivity contribution in [3.05, 3.63) is 29.3 Å². The van der Waals surface area contributed by atoms with Gasteiger partial charge in [0, 0.05) is 18.8 Å². The number of halogens is 3. The number of carbonyl (C=O) groups is 1. The predicted octanol–water partition coefficient (Wildman–Crippen LogP) is 3.39. The van der Waals surface area contributed by atoms with E-state index in [1.165, 1.54) is 6.07 Å². The Bertz CT molecular complexity index is 479. The summed E-state index contributed by atoms with van der Waals surface area (Å²) in [5, 5.41) is 8.82. The first-order valence-corrected chi connectivity index (χ1v) is 6.09. The molecule has 0 saturated carbocycles. The summed E-state index contributed by atoms with van der Waals surface area (Å²) in [4.78, 5) is 12.7. The van der Waals surface area contributed by atoms with Gasteiger partial charge in [-0.05, 0) is 37.5 Å². The minimum absolute atomic E-state index is 0.442. The molecule has 0 aliphatic carbocycles. The molecule has 1 aromatic rings. The average Bonchev–Trinajstić information content (AvgIpc) is 2.38. The normalized spacial score (nSPS) is 16.5. The minimum atomic E-state index is -4.65. The third-order valence-corrected chi connectivity index (χ3v) is 3.26. The van der Waals surface area contributed by atoms with Crippen molar-refractivity contribution in [3.63, 3.8) is 0 Å². The Morgan fingerprint density at radius 2 is 1.79 bits per heavy atom. The molecule has 0 amide bonds. The highest BCUT2D eigenvalue weighted by atomic mass is 19.4. The summed E-state index contributed by atoms with van der Waals surface area (Å²) in [7, 11) is 0. The smallest absolute Gasteiger partial charge is 0.417 e. The molecule has 0 radical (unpaired) electrons. The fourth-order valence-corrected chi connectivity index (χ4v) is 2.30. The number of alkyl halides is 3. The van der Waals surface area contributed by atoms with Crippen LogP contribution in [0.15, 0.2) is 18.2 Å². The Morgan fingerprint density at radius 1 is 1.16 bits per heavy atom. The number of hydrogen-bond donors (Lipinski definition) is 1. The molecule has 1 heterocycles. The van der Waals surface area contributed by atoms with Crippen LogP contribution in [0.5, 0.6) is 0 Å². The molecule has 3 nitrogen and oxygen atoms in total. The second-order valence-electron chi connectivity index (χ2n) is 4.58. The highest BCUT2D eigenvalue weighted by Gasteiger charge is 2.36. The van der Waals surface area contributed by atoms with E-state index < -0.39 is 23.3 Å². The van der Waals surface area contributed by atoms with E-state index in [9.17, 15) is 18.0 Å². The van der Waals surface area contributed by atoms with Crippen LogP contribution in [0.25, 0.3) is 0 Å². The van der Waals surface area contributed by atoms with E-state index in [0.717, 1.165) is 31.4 Å². The van der Waals surface area contributed by atoms with E-state index in [1.54, 1.807) is 0 Å². The summed E-state index contributed by atoms with van der Waals surface area (Å²) in [6, 6.07) is 3.42. The predicted molar refractivity (Wildman–Crippen MR) is 64.5 cm³/mol. The van der Waals surface area contributed by atoms with E-state index in [0.29, 0.717) is 18.8 Å². The van der Waals surface area contributed by atoms with Crippen LogP contribution in [0, 0.1) is 0 Å². The van der Waals surface area contributed by atoms with Crippen LogP contribution in [0.4, 0.5) is 18.9 Å². The molecule has 0 aromatic heterocycles. The number of benzene rings is 1. The van der Waals surface area contributed by atoms with Gasteiger partial charge in [0.2, 0.25) is 0 Å². The Kier molecular flexibility index (Phi) is 3.68. The summed E-state index contributed by atoms with van der Waals surface area (Å²) < 4.78 is 38.6. The van der Waals surface area contributed by atoms with Gasteiger partial charge in [0.15, 0.2) is 0 Å². The lowest BCUT2D eigenvalue weighted by Gasteiger charge is -2.29. The average molecular weight is 273 g/mol. The molecule has 0 atom stereocenters. The molecule has 1 aliphatic rings. The molecule has 6 heteroatoms. The van der Waals surface area contributed by atoms with Crippen molar-refractivity contribution >= 4 is 11.7 Å². The zero-order chi connectivity index (χ0) is 14.0. The van der Waals surface area contributed by atoms with Crippen LogP contribution >= 0.6 is 0 Å². The molecule has 104 valence electrons. The Morgan fingerprint density at radius 3 is 2.32 bits per heavy atom. The second kappa shape index (κ2) is 5.11. The van der Waals surface area contributed by atoms with Crippen molar-refractivity contribution in [2.75, 3.05) is 18.0 Å². The van der Waals surface area contributed by atoms with Crippen LogP contribution in [-0.4, -0.2) is 24.2 Å². The quantitative estimate of drug-likeness (QED) is 0.897. The summed E-state index contributed by atoms with van der Waals surface area (Å²) in [6.45, 7) is 1.42. The molecule has 0 spiro atoms. The maximum absolute atomic E-state index is 12.9. The molecule has 0 unspecified atom stereocenters.